The first-order chi connectivity index (χ1) is 9.27. The van der Waals surface area contributed by atoms with E-state index in [1.165, 1.54) is 0 Å². The average Bonchev–Trinajstić information content (AvgIpc) is 2.38. The molecule has 2 atom stereocenters. The highest BCUT2D eigenvalue weighted by molar-refractivity contribution is 7.96. The summed E-state index contributed by atoms with van der Waals surface area (Å²) in [5, 5.41) is 13.0. The van der Waals surface area contributed by atoms with Crippen LogP contribution in [0.2, 0.25) is 0 Å². The third kappa shape index (κ3) is 8.35. The lowest BCUT2D eigenvalue weighted by Crippen LogP contribution is -2.48. The van der Waals surface area contributed by atoms with Crippen LogP contribution >= 0.6 is 37.5 Å². The molecule has 20 heavy (non-hydrogen) atoms. The van der Waals surface area contributed by atoms with Crippen molar-refractivity contribution >= 4 is 59.5 Å². The average molecular weight is 339 g/mol. The SMILES string of the molecule is NC(CCC(=S)NC(CS)C(=O)NCC(=O)O)C(=O)S. The first-order valence-corrected chi connectivity index (χ1v) is 7.14. The number of aliphatic carboxylic acids is 1. The minimum Gasteiger partial charge on any atom is -0.480 e. The fraction of sp³-hybridized carbons (Fsp3) is 0.600. The summed E-state index contributed by atoms with van der Waals surface area (Å²) in [6, 6.07) is -1.46. The van der Waals surface area contributed by atoms with Crippen LogP contribution in [0, 0.1) is 0 Å². The second-order valence-electron chi connectivity index (χ2n) is 3.90. The van der Waals surface area contributed by atoms with E-state index in [2.05, 4.69) is 35.9 Å². The third-order valence-corrected chi connectivity index (χ3v) is 3.27. The van der Waals surface area contributed by atoms with Gasteiger partial charge in [0.25, 0.3) is 0 Å². The molecular weight excluding hydrogens is 322 g/mol. The highest BCUT2D eigenvalue weighted by Gasteiger charge is 2.19. The van der Waals surface area contributed by atoms with Crippen molar-refractivity contribution in [2.24, 2.45) is 5.73 Å². The maximum absolute atomic E-state index is 11.6. The smallest absolute Gasteiger partial charge is 0.322 e. The lowest BCUT2D eigenvalue weighted by atomic mass is 10.2. The van der Waals surface area contributed by atoms with E-state index in [0.717, 1.165) is 0 Å². The summed E-state index contributed by atoms with van der Waals surface area (Å²) >= 11 is 12.6. The summed E-state index contributed by atoms with van der Waals surface area (Å²) < 4.78 is 0. The molecule has 10 heteroatoms. The number of thiol groups is 2. The van der Waals surface area contributed by atoms with Crippen molar-refractivity contribution < 1.29 is 19.5 Å². The predicted octanol–water partition coefficient (Wildman–Crippen LogP) is -1.03. The van der Waals surface area contributed by atoms with Crippen LogP contribution in [-0.2, 0) is 14.4 Å². The second-order valence-corrected chi connectivity index (χ2v) is 5.20. The van der Waals surface area contributed by atoms with Crippen LogP contribution < -0.4 is 16.4 Å². The Morgan fingerprint density at radius 2 is 1.95 bits per heavy atom. The maximum Gasteiger partial charge on any atom is 0.322 e. The Bertz CT molecular complexity index is 392. The van der Waals surface area contributed by atoms with Crippen LogP contribution in [0.5, 0.6) is 0 Å². The van der Waals surface area contributed by atoms with E-state index >= 15 is 0 Å². The highest BCUT2D eigenvalue weighted by Crippen LogP contribution is 2.01. The van der Waals surface area contributed by atoms with Crippen molar-refractivity contribution in [1.29, 1.82) is 0 Å². The third-order valence-electron chi connectivity index (χ3n) is 2.25. The van der Waals surface area contributed by atoms with Crippen LogP contribution in [-0.4, -0.2) is 51.5 Å². The topological polar surface area (TPSA) is 122 Å². The van der Waals surface area contributed by atoms with E-state index in [4.69, 9.17) is 23.1 Å². The van der Waals surface area contributed by atoms with Gasteiger partial charge in [0.15, 0.2) is 0 Å². The molecule has 0 radical (unpaired) electrons. The fourth-order valence-electron chi connectivity index (χ4n) is 1.16. The van der Waals surface area contributed by atoms with Crippen molar-refractivity contribution in [3.63, 3.8) is 0 Å². The molecule has 0 aromatic rings. The van der Waals surface area contributed by atoms with Crippen LogP contribution in [0.4, 0.5) is 0 Å². The summed E-state index contributed by atoms with van der Waals surface area (Å²) in [7, 11) is 0. The quantitative estimate of drug-likeness (QED) is 0.234. The van der Waals surface area contributed by atoms with Crippen molar-refractivity contribution in [2.45, 2.75) is 24.9 Å². The van der Waals surface area contributed by atoms with Crippen LogP contribution in [0.1, 0.15) is 12.8 Å². The van der Waals surface area contributed by atoms with Crippen molar-refractivity contribution in [3.05, 3.63) is 0 Å². The lowest BCUT2D eigenvalue weighted by molar-refractivity contribution is -0.138. The van der Waals surface area contributed by atoms with Gasteiger partial charge in [-0.15, -0.1) is 12.6 Å². The molecule has 0 aliphatic heterocycles. The first-order valence-electron chi connectivity index (χ1n) is 5.66. The van der Waals surface area contributed by atoms with E-state index in [1.54, 1.807) is 0 Å². The summed E-state index contributed by atoms with van der Waals surface area (Å²) in [5.74, 6) is -1.51. The van der Waals surface area contributed by atoms with Gasteiger partial charge in [0, 0.05) is 5.75 Å². The van der Waals surface area contributed by atoms with E-state index in [1.807, 2.05) is 0 Å². The molecule has 0 aromatic heterocycles. The van der Waals surface area contributed by atoms with Crippen molar-refractivity contribution in [3.8, 4) is 0 Å². The Labute approximate surface area is 132 Å². The Hall–Kier alpha value is -0.840. The number of carbonyl (C=O) groups is 3. The summed E-state index contributed by atoms with van der Waals surface area (Å²) in [6.07, 6.45) is 0.628. The molecule has 0 aromatic carbocycles. The number of carboxylic acid groups (broad SMARTS) is 1. The molecular formula is C10H17N3O4S3. The molecule has 1 amide bonds. The molecule has 0 aliphatic carbocycles. The van der Waals surface area contributed by atoms with Gasteiger partial charge in [-0.05, 0) is 12.8 Å². The Morgan fingerprint density at radius 3 is 2.40 bits per heavy atom. The summed E-state index contributed by atoms with van der Waals surface area (Å²) in [4.78, 5) is 33.2. The van der Waals surface area contributed by atoms with Crippen LogP contribution in [0.25, 0.3) is 0 Å². The van der Waals surface area contributed by atoms with Gasteiger partial charge >= 0.3 is 5.97 Å². The lowest BCUT2D eigenvalue weighted by Gasteiger charge is -2.18. The number of rotatable bonds is 9. The molecule has 0 aliphatic rings. The van der Waals surface area contributed by atoms with E-state index in [9.17, 15) is 14.4 Å². The summed E-state index contributed by atoms with van der Waals surface area (Å²) in [6.45, 7) is -0.476. The highest BCUT2D eigenvalue weighted by atomic mass is 32.1. The monoisotopic (exact) mass is 339 g/mol. The Morgan fingerprint density at radius 1 is 1.35 bits per heavy atom. The largest absolute Gasteiger partial charge is 0.480 e. The Balaban J connectivity index is 4.21. The zero-order chi connectivity index (χ0) is 15.7. The Kier molecular flexibility index (Phi) is 9.55. The van der Waals surface area contributed by atoms with E-state index in [0.29, 0.717) is 17.8 Å². The zero-order valence-electron chi connectivity index (χ0n) is 10.5. The van der Waals surface area contributed by atoms with Gasteiger partial charge in [0.2, 0.25) is 11.0 Å². The zero-order valence-corrected chi connectivity index (χ0v) is 13.1. The van der Waals surface area contributed by atoms with Crippen molar-refractivity contribution in [1.82, 2.24) is 10.6 Å². The molecule has 2 unspecified atom stereocenters. The molecule has 114 valence electrons. The number of carbonyl (C=O) groups excluding carboxylic acids is 2. The minimum absolute atomic E-state index is 0.142. The number of thiocarbonyl (C=S) groups is 1. The number of amides is 1. The van der Waals surface area contributed by atoms with Gasteiger partial charge < -0.3 is 21.5 Å². The summed E-state index contributed by atoms with van der Waals surface area (Å²) in [5.41, 5.74) is 5.50. The number of hydrogen-bond donors (Lipinski definition) is 6. The van der Waals surface area contributed by atoms with E-state index in [-0.39, 0.29) is 5.75 Å². The van der Waals surface area contributed by atoms with Crippen LogP contribution in [0.3, 0.4) is 0 Å². The molecule has 0 spiro atoms. The number of carboxylic acids is 1. The standard InChI is InChI=1S/C10H17N3O4S3/c11-5(10(17)20)1-2-7(19)13-6(4-18)9(16)12-3-8(14)15/h5-6,18H,1-4,11H2,(H,12,16)(H,13,19)(H,14,15)(H,17,20). The fourth-order valence-corrected chi connectivity index (χ4v) is 1.80. The molecule has 0 rings (SSSR count). The number of nitrogens with one attached hydrogen (secondary N) is 2. The molecule has 0 fully saturated rings. The number of nitrogens with two attached hydrogens (primary N) is 1. The normalized spacial score (nSPS) is 13.2. The molecule has 5 N–H and O–H groups in total. The van der Waals surface area contributed by atoms with Gasteiger partial charge in [-0.25, -0.2) is 0 Å². The minimum atomic E-state index is -1.14. The molecule has 0 bridgehead atoms. The van der Waals surface area contributed by atoms with Crippen LogP contribution in [0.15, 0.2) is 0 Å². The maximum atomic E-state index is 11.6. The first kappa shape index (κ1) is 19.2. The molecule has 7 nitrogen and oxygen atoms in total. The van der Waals surface area contributed by atoms with Gasteiger partial charge in [-0.2, -0.15) is 12.6 Å². The van der Waals surface area contributed by atoms with E-state index < -0.39 is 35.6 Å². The van der Waals surface area contributed by atoms with Gasteiger partial charge in [-0.3, -0.25) is 14.4 Å². The van der Waals surface area contributed by atoms with Crippen molar-refractivity contribution in [2.75, 3.05) is 12.3 Å². The molecule has 0 saturated heterocycles. The second kappa shape index (κ2) is 9.97. The van der Waals surface area contributed by atoms with Gasteiger partial charge in [0.05, 0.1) is 11.0 Å². The predicted molar refractivity (Wildman–Crippen MR) is 85.2 cm³/mol. The van der Waals surface area contributed by atoms with Gasteiger partial charge in [0.1, 0.15) is 12.6 Å². The molecule has 0 saturated carbocycles. The van der Waals surface area contributed by atoms with Gasteiger partial charge in [-0.1, -0.05) is 12.2 Å². The number of hydrogen-bond acceptors (Lipinski definition) is 6. The molecule has 0 heterocycles.